The van der Waals surface area contributed by atoms with Crippen LogP contribution in [0.15, 0.2) is 36.5 Å². The molecule has 3 heteroatoms. The standard InChI is InChI=1S/C17H23N3/c1-12-8-13(2)10-16(9-12)20(4)17-15(11-14(3)18)6-5-7-19-17/h5-10,14H,11,18H2,1-4H3. The van der Waals surface area contributed by atoms with E-state index in [4.69, 9.17) is 5.73 Å². The van der Waals surface area contributed by atoms with Gasteiger partial charge in [-0.2, -0.15) is 0 Å². The minimum Gasteiger partial charge on any atom is -0.329 e. The van der Waals surface area contributed by atoms with E-state index in [0.717, 1.165) is 17.9 Å². The molecule has 0 saturated carbocycles. The van der Waals surface area contributed by atoms with Crippen molar-refractivity contribution in [2.75, 3.05) is 11.9 Å². The van der Waals surface area contributed by atoms with Gasteiger partial charge in [-0.3, -0.25) is 0 Å². The van der Waals surface area contributed by atoms with E-state index in [1.807, 2.05) is 19.2 Å². The highest BCUT2D eigenvalue weighted by molar-refractivity contribution is 5.63. The predicted octanol–water partition coefficient (Wildman–Crippen LogP) is 3.36. The smallest absolute Gasteiger partial charge is 0.135 e. The number of aryl methyl sites for hydroxylation is 2. The molecule has 1 atom stereocenters. The van der Waals surface area contributed by atoms with Crippen molar-refractivity contribution in [3.63, 3.8) is 0 Å². The Hall–Kier alpha value is -1.87. The Bertz CT molecular complexity index is 570. The van der Waals surface area contributed by atoms with Gasteiger partial charge >= 0.3 is 0 Å². The number of benzene rings is 1. The van der Waals surface area contributed by atoms with Crippen LogP contribution in [0.4, 0.5) is 11.5 Å². The van der Waals surface area contributed by atoms with Crippen molar-refractivity contribution >= 4 is 11.5 Å². The maximum Gasteiger partial charge on any atom is 0.135 e. The molecule has 1 aromatic heterocycles. The van der Waals surface area contributed by atoms with Gasteiger partial charge in [-0.15, -0.1) is 0 Å². The summed E-state index contributed by atoms with van der Waals surface area (Å²) in [4.78, 5) is 6.67. The Morgan fingerprint density at radius 1 is 1.20 bits per heavy atom. The van der Waals surface area contributed by atoms with Gasteiger partial charge in [0, 0.05) is 25.0 Å². The van der Waals surface area contributed by atoms with Crippen LogP contribution in [0.2, 0.25) is 0 Å². The molecule has 1 unspecified atom stereocenters. The number of anilines is 2. The van der Waals surface area contributed by atoms with Crippen molar-refractivity contribution in [3.8, 4) is 0 Å². The molecule has 0 saturated heterocycles. The molecule has 106 valence electrons. The molecule has 0 aliphatic carbocycles. The zero-order valence-corrected chi connectivity index (χ0v) is 12.7. The van der Waals surface area contributed by atoms with Crippen LogP contribution in [-0.4, -0.2) is 18.1 Å². The minimum atomic E-state index is 0.130. The lowest BCUT2D eigenvalue weighted by molar-refractivity contribution is 0.735. The van der Waals surface area contributed by atoms with Crippen LogP contribution in [0.3, 0.4) is 0 Å². The van der Waals surface area contributed by atoms with Crippen LogP contribution in [-0.2, 0) is 6.42 Å². The molecule has 2 rings (SSSR count). The van der Waals surface area contributed by atoms with Gasteiger partial charge in [0.15, 0.2) is 0 Å². The molecule has 0 aliphatic rings. The molecular weight excluding hydrogens is 246 g/mol. The minimum absolute atomic E-state index is 0.130. The van der Waals surface area contributed by atoms with Crippen molar-refractivity contribution < 1.29 is 0 Å². The largest absolute Gasteiger partial charge is 0.329 e. The Morgan fingerprint density at radius 3 is 2.45 bits per heavy atom. The van der Waals surface area contributed by atoms with Gasteiger partial charge in [-0.25, -0.2) is 4.98 Å². The lowest BCUT2D eigenvalue weighted by Gasteiger charge is -2.22. The van der Waals surface area contributed by atoms with Crippen LogP contribution in [0, 0.1) is 13.8 Å². The average molecular weight is 269 g/mol. The first kappa shape index (κ1) is 14.5. The van der Waals surface area contributed by atoms with Crippen molar-refractivity contribution in [2.24, 2.45) is 5.73 Å². The molecular formula is C17H23N3. The number of hydrogen-bond acceptors (Lipinski definition) is 3. The fourth-order valence-electron chi connectivity index (χ4n) is 2.51. The van der Waals surface area contributed by atoms with E-state index in [0.29, 0.717) is 0 Å². The van der Waals surface area contributed by atoms with Crippen molar-refractivity contribution in [1.82, 2.24) is 4.98 Å². The molecule has 0 fully saturated rings. The molecule has 2 aromatic rings. The zero-order valence-electron chi connectivity index (χ0n) is 12.7. The molecule has 0 aliphatic heterocycles. The summed E-state index contributed by atoms with van der Waals surface area (Å²) in [5, 5.41) is 0. The number of hydrogen-bond donors (Lipinski definition) is 1. The first-order chi connectivity index (χ1) is 9.47. The Morgan fingerprint density at radius 2 is 1.85 bits per heavy atom. The van der Waals surface area contributed by atoms with Gasteiger partial charge in [0.25, 0.3) is 0 Å². The molecule has 0 spiro atoms. The van der Waals surface area contributed by atoms with E-state index in [9.17, 15) is 0 Å². The molecule has 1 heterocycles. The number of pyridine rings is 1. The lowest BCUT2D eigenvalue weighted by Crippen LogP contribution is -2.21. The van der Waals surface area contributed by atoms with Gasteiger partial charge in [0.1, 0.15) is 5.82 Å². The predicted molar refractivity (Wildman–Crippen MR) is 85.6 cm³/mol. The quantitative estimate of drug-likeness (QED) is 0.925. The van der Waals surface area contributed by atoms with E-state index < -0.39 is 0 Å². The molecule has 0 radical (unpaired) electrons. The molecule has 1 aromatic carbocycles. The van der Waals surface area contributed by atoms with Gasteiger partial charge in [-0.05, 0) is 62.1 Å². The highest BCUT2D eigenvalue weighted by Gasteiger charge is 2.12. The summed E-state index contributed by atoms with van der Waals surface area (Å²) in [6.07, 6.45) is 2.66. The summed E-state index contributed by atoms with van der Waals surface area (Å²) in [7, 11) is 2.06. The molecule has 20 heavy (non-hydrogen) atoms. The van der Waals surface area contributed by atoms with Crippen LogP contribution < -0.4 is 10.6 Å². The Balaban J connectivity index is 2.39. The van der Waals surface area contributed by atoms with Crippen molar-refractivity contribution in [2.45, 2.75) is 33.2 Å². The Kier molecular flexibility index (Phi) is 4.40. The molecule has 0 bridgehead atoms. The number of nitrogens with two attached hydrogens (primary N) is 1. The summed E-state index contributed by atoms with van der Waals surface area (Å²) < 4.78 is 0. The summed E-state index contributed by atoms with van der Waals surface area (Å²) in [5.41, 5.74) is 10.8. The Labute approximate surface area is 121 Å². The normalized spacial score (nSPS) is 12.2. The van der Waals surface area contributed by atoms with Gasteiger partial charge in [0.2, 0.25) is 0 Å². The summed E-state index contributed by atoms with van der Waals surface area (Å²) in [5.74, 6) is 0.981. The topological polar surface area (TPSA) is 42.2 Å². The maximum absolute atomic E-state index is 5.93. The summed E-state index contributed by atoms with van der Waals surface area (Å²) >= 11 is 0. The fraction of sp³-hybridized carbons (Fsp3) is 0.353. The SMILES string of the molecule is Cc1cc(C)cc(N(C)c2ncccc2CC(C)N)c1. The van der Waals surface area contributed by atoms with Crippen LogP contribution in [0.5, 0.6) is 0 Å². The summed E-state index contributed by atoms with van der Waals surface area (Å²) in [6.45, 7) is 6.25. The average Bonchev–Trinajstić information content (AvgIpc) is 2.36. The monoisotopic (exact) mass is 269 g/mol. The third kappa shape index (κ3) is 3.36. The second kappa shape index (κ2) is 6.06. The van der Waals surface area contributed by atoms with Crippen molar-refractivity contribution in [3.05, 3.63) is 53.2 Å². The number of nitrogens with zero attached hydrogens (tertiary/aromatic N) is 2. The molecule has 0 amide bonds. The number of rotatable bonds is 4. The fourth-order valence-corrected chi connectivity index (χ4v) is 2.51. The zero-order chi connectivity index (χ0) is 14.7. The second-order valence-corrected chi connectivity index (χ2v) is 5.57. The molecule has 2 N–H and O–H groups in total. The number of aromatic nitrogens is 1. The highest BCUT2D eigenvalue weighted by Crippen LogP contribution is 2.27. The highest BCUT2D eigenvalue weighted by atomic mass is 15.2. The molecule has 3 nitrogen and oxygen atoms in total. The van der Waals surface area contributed by atoms with E-state index in [-0.39, 0.29) is 6.04 Å². The van der Waals surface area contributed by atoms with Gasteiger partial charge in [-0.1, -0.05) is 12.1 Å². The van der Waals surface area contributed by atoms with Crippen molar-refractivity contribution in [1.29, 1.82) is 0 Å². The van der Waals surface area contributed by atoms with Gasteiger partial charge in [0.05, 0.1) is 0 Å². The lowest BCUT2D eigenvalue weighted by atomic mass is 10.1. The van der Waals surface area contributed by atoms with E-state index >= 15 is 0 Å². The van der Waals surface area contributed by atoms with Gasteiger partial charge < -0.3 is 10.6 Å². The van der Waals surface area contributed by atoms with E-state index in [2.05, 4.69) is 55.0 Å². The van der Waals surface area contributed by atoms with Crippen LogP contribution in [0.1, 0.15) is 23.6 Å². The van der Waals surface area contributed by atoms with Crippen LogP contribution in [0.25, 0.3) is 0 Å². The van der Waals surface area contributed by atoms with Crippen LogP contribution >= 0.6 is 0 Å². The van der Waals surface area contributed by atoms with E-state index in [1.165, 1.54) is 16.7 Å². The van der Waals surface area contributed by atoms with E-state index in [1.54, 1.807) is 0 Å². The second-order valence-electron chi connectivity index (χ2n) is 5.57. The third-order valence-electron chi connectivity index (χ3n) is 3.32. The first-order valence-electron chi connectivity index (χ1n) is 6.99. The maximum atomic E-state index is 5.93. The summed E-state index contributed by atoms with van der Waals surface area (Å²) in [6, 6.07) is 10.7. The first-order valence-corrected chi connectivity index (χ1v) is 6.99. The third-order valence-corrected chi connectivity index (χ3v) is 3.32.